The van der Waals surface area contributed by atoms with Crippen LogP contribution in [-0.4, -0.2) is 47.0 Å². The van der Waals surface area contributed by atoms with E-state index in [0.717, 1.165) is 13.0 Å². The summed E-state index contributed by atoms with van der Waals surface area (Å²) in [6, 6.07) is 0.243. The van der Waals surface area contributed by atoms with Crippen molar-refractivity contribution in [3.63, 3.8) is 0 Å². The van der Waals surface area contributed by atoms with Gasteiger partial charge in [0, 0.05) is 18.7 Å². The van der Waals surface area contributed by atoms with Crippen LogP contribution in [0.3, 0.4) is 0 Å². The maximum atomic E-state index is 11.2. The lowest BCUT2D eigenvalue weighted by molar-refractivity contribution is -0.137. The first-order valence-electron chi connectivity index (χ1n) is 6.51. The van der Waals surface area contributed by atoms with Crippen LogP contribution in [0.25, 0.3) is 0 Å². The summed E-state index contributed by atoms with van der Waals surface area (Å²) in [6.45, 7) is 0.727. The van der Waals surface area contributed by atoms with E-state index in [4.69, 9.17) is 9.73 Å². The number of aliphatic imine (C=N–C) groups is 1. The molecule has 0 radical (unpaired) electrons. The number of hydrogen-bond donors (Lipinski definition) is 1. The molecule has 3 aliphatic heterocycles. The standard InChI is InChI=1S/C12H15N3O3/c16-12(17)8-5-13-15-10(8)14-9(6-1-2-6)7-3-4-18-11(7)15/h5-9,11H,1-4H2,(H,16,17). The quantitative estimate of drug-likeness (QED) is 0.775. The van der Waals surface area contributed by atoms with Gasteiger partial charge in [-0.3, -0.25) is 9.79 Å². The second-order valence-electron chi connectivity index (χ2n) is 5.45. The highest BCUT2D eigenvalue weighted by atomic mass is 16.5. The first-order chi connectivity index (χ1) is 8.75. The molecule has 6 nitrogen and oxygen atoms in total. The molecule has 0 aromatic carbocycles. The summed E-state index contributed by atoms with van der Waals surface area (Å²) in [5, 5.41) is 15.1. The van der Waals surface area contributed by atoms with E-state index in [1.165, 1.54) is 19.1 Å². The van der Waals surface area contributed by atoms with Gasteiger partial charge in [-0.25, -0.2) is 5.01 Å². The highest BCUT2D eigenvalue weighted by Gasteiger charge is 2.52. The summed E-state index contributed by atoms with van der Waals surface area (Å²) in [5.74, 6) is -0.000200. The van der Waals surface area contributed by atoms with Gasteiger partial charge in [-0.2, -0.15) is 5.10 Å². The van der Waals surface area contributed by atoms with Gasteiger partial charge in [0.25, 0.3) is 0 Å². The third kappa shape index (κ3) is 1.35. The SMILES string of the molecule is O=C(O)C1C=NN2C1=NC(C1CC1)C1CCOC12. The number of nitrogens with zero attached hydrogens (tertiary/aromatic N) is 3. The fourth-order valence-electron chi connectivity index (χ4n) is 3.24. The molecule has 6 heteroatoms. The Morgan fingerprint density at radius 3 is 3.00 bits per heavy atom. The van der Waals surface area contributed by atoms with Crippen molar-refractivity contribution in [2.45, 2.75) is 31.5 Å². The highest BCUT2D eigenvalue weighted by Crippen LogP contribution is 2.45. The first kappa shape index (κ1) is 10.5. The molecule has 1 saturated heterocycles. The minimum Gasteiger partial charge on any atom is -0.480 e. The van der Waals surface area contributed by atoms with Crippen molar-refractivity contribution in [3.05, 3.63) is 0 Å². The van der Waals surface area contributed by atoms with Crippen LogP contribution in [0, 0.1) is 17.8 Å². The number of aliphatic carboxylic acids is 1. The van der Waals surface area contributed by atoms with Crippen LogP contribution in [0.2, 0.25) is 0 Å². The number of fused-ring (bicyclic) bond motifs is 3. The third-order valence-corrected chi connectivity index (χ3v) is 4.29. The number of hydrazone groups is 1. The number of carbonyl (C=O) groups is 1. The largest absolute Gasteiger partial charge is 0.480 e. The monoisotopic (exact) mass is 249 g/mol. The number of ether oxygens (including phenoxy) is 1. The van der Waals surface area contributed by atoms with E-state index in [1.54, 1.807) is 5.01 Å². The molecule has 0 aromatic heterocycles. The molecule has 0 amide bonds. The lowest BCUT2D eigenvalue weighted by Gasteiger charge is -2.36. The fraction of sp³-hybridized carbons (Fsp3) is 0.750. The van der Waals surface area contributed by atoms with Crippen LogP contribution in [0.15, 0.2) is 10.1 Å². The number of rotatable bonds is 2. The molecule has 96 valence electrons. The Kier molecular flexibility index (Phi) is 2.06. The van der Waals surface area contributed by atoms with Crippen LogP contribution in [0.5, 0.6) is 0 Å². The topological polar surface area (TPSA) is 74.5 Å². The van der Waals surface area contributed by atoms with Crippen molar-refractivity contribution >= 4 is 18.0 Å². The van der Waals surface area contributed by atoms with E-state index in [2.05, 4.69) is 5.10 Å². The molecule has 2 fully saturated rings. The van der Waals surface area contributed by atoms with E-state index in [1.807, 2.05) is 0 Å². The number of carboxylic acids is 1. The van der Waals surface area contributed by atoms with E-state index >= 15 is 0 Å². The van der Waals surface area contributed by atoms with Gasteiger partial charge in [0.1, 0.15) is 5.84 Å². The van der Waals surface area contributed by atoms with Gasteiger partial charge in [-0.15, -0.1) is 0 Å². The summed E-state index contributed by atoms with van der Waals surface area (Å²) >= 11 is 0. The smallest absolute Gasteiger partial charge is 0.319 e. The van der Waals surface area contributed by atoms with Gasteiger partial charge in [-0.05, 0) is 25.2 Å². The Morgan fingerprint density at radius 1 is 1.44 bits per heavy atom. The Hall–Kier alpha value is -1.43. The highest BCUT2D eigenvalue weighted by molar-refractivity contribution is 6.15. The van der Waals surface area contributed by atoms with Crippen molar-refractivity contribution in [2.75, 3.05) is 6.61 Å². The molecule has 1 aliphatic carbocycles. The lowest BCUT2D eigenvalue weighted by atomic mass is 9.90. The predicted octanol–water partition coefficient (Wildman–Crippen LogP) is 0.542. The summed E-state index contributed by atoms with van der Waals surface area (Å²) in [6.07, 6.45) is 4.80. The molecule has 1 saturated carbocycles. The van der Waals surface area contributed by atoms with Crippen LogP contribution in [0.1, 0.15) is 19.3 Å². The van der Waals surface area contributed by atoms with Gasteiger partial charge in [0.05, 0.1) is 6.04 Å². The van der Waals surface area contributed by atoms with Gasteiger partial charge in [0.2, 0.25) is 0 Å². The molecule has 0 spiro atoms. The van der Waals surface area contributed by atoms with E-state index in [-0.39, 0.29) is 12.3 Å². The molecule has 3 heterocycles. The Bertz CT molecular complexity index is 457. The number of amidine groups is 1. The Balaban J connectivity index is 1.73. The van der Waals surface area contributed by atoms with Gasteiger partial charge in [-0.1, -0.05) is 0 Å². The Morgan fingerprint density at radius 2 is 2.28 bits per heavy atom. The van der Waals surface area contributed by atoms with E-state index < -0.39 is 11.9 Å². The molecule has 4 atom stereocenters. The first-order valence-corrected chi connectivity index (χ1v) is 6.51. The average molecular weight is 249 g/mol. The van der Waals surface area contributed by atoms with Crippen LogP contribution < -0.4 is 0 Å². The molecule has 0 bridgehead atoms. The van der Waals surface area contributed by atoms with Gasteiger partial charge >= 0.3 is 5.97 Å². The normalized spacial score (nSPS) is 41.6. The maximum absolute atomic E-state index is 11.2. The number of carboxylic acid groups (broad SMARTS) is 1. The minimum atomic E-state index is -0.883. The molecule has 0 aromatic rings. The summed E-state index contributed by atoms with van der Waals surface area (Å²) in [7, 11) is 0. The van der Waals surface area contributed by atoms with Gasteiger partial charge < -0.3 is 9.84 Å². The van der Waals surface area contributed by atoms with Crippen molar-refractivity contribution in [3.8, 4) is 0 Å². The molecule has 18 heavy (non-hydrogen) atoms. The molecular formula is C12H15N3O3. The second kappa shape index (κ2) is 3.54. The van der Waals surface area contributed by atoms with E-state index in [9.17, 15) is 9.90 Å². The zero-order chi connectivity index (χ0) is 12.3. The minimum absolute atomic E-state index is 0.0938. The van der Waals surface area contributed by atoms with Crippen LogP contribution in [-0.2, 0) is 9.53 Å². The second-order valence-corrected chi connectivity index (χ2v) is 5.45. The van der Waals surface area contributed by atoms with Crippen molar-refractivity contribution in [1.82, 2.24) is 5.01 Å². The van der Waals surface area contributed by atoms with Gasteiger partial charge in [0.15, 0.2) is 12.1 Å². The number of hydrogen-bond acceptors (Lipinski definition) is 5. The van der Waals surface area contributed by atoms with Crippen LogP contribution >= 0.6 is 0 Å². The average Bonchev–Trinajstić information content (AvgIpc) is 2.90. The zero-order valence-electron chi connectivity index (χ0n) is 9.90. The predicted molar refractivity (Wildman–Crippen MR) is 63.3 cm³/mol. The molecule has 4 rings (SSSR count). The van der Waals surface area contributed by atoms with Crippen molar-refractivity contribution in [2.24, 2.45) is 27.8 Å². The fourth-order valence-corrected chi connectivity index (χ4v) is 3.24. The molecule has 4 aliphatic rings. The summed E-state index contributed by atoms with van der Waals surface area (Å²) in [4.78, 5) is 15.9. The lowest BCUT2D eigenvalue weighted by Crippen LogP contribution is -2.49. The maximum Gasteiger partial charge on any atom is 0.319 e. The van der Waals surface area contributed by atoms with Crippen molar-refractivity contribution in [1.29, 1.82) is 0 Å². The van der Waals surface area contributed by atoms with Crippen LogP contribution in [0.4, 0.5) is 0 Å². The van der Waals surface area contributed by atoms with E-state index in [0.29, 0.717) is 17.7 Å². The third-order valence-electron chi connectivity index (χ3n) is 4.29. The summed E-state index contributed by atoms with van der Waals surface area (Å²) in [5.41, 5.74) is 0. The summed E-state index contributed by atoms with van der Waals surface area (Å²) < 4.78 is 5.75. The molecule has 1 N–H and O–H groups in total. The zero-order valence-corrected chi connectivity index (χ0v) is 9.90. The Labute approximate surface area is 104 Å². The van der Waals surface area contributed by atoms with Crippen molar-refractivity contribution < 1.29 is 14.6 Å². The molecule has 4 unspecified atom stereocenters. The molecular weight excluding hydrogens is 234 g/mol.